The summed E-state index contributed by atoms with van der Waals surface area (Å²) in [6.07, 6.45) is 2.99. The molecule has 35 heavy (non-hydrogen) atoms. The predicted molar refractivity (Wildman–Crippen MR) is 136 cm³/mol. The van der Waals surface area contributed by atoms with Crippen molar-refractivity contribution < 1.29 is 19.2 Å². The van der Waals surface area contributed by atoms with Crippen molar-refractivity contribution in [3.8, 4) is 17.2 Å². The summed E-state index contributed by atoms with van der Waals surface area (Å²) in [4.78, 5) is 28.4. The van der Waals surface area contributed by atoms with Gasteiger partial charge in [-0.1, -0.05) is 12.1 Å². The van der Waals surface area contributed by atoms with Crippen molar-refractivity contribution in [2.45, 2.75) is 0 Å². The second-order valence-corrected chi connectivity index (χ2v) is 8.30. The number of nitro benzene ring substituents is 1. The lowest BCUT2D eigenvalue weighted by Crippen LogP contribution is -2.44. The Morgan fingerprint density at radius 2 is 1.60 bits per heavy atom. The van der Waals surface area contributed by atoms with Gasteiger partial charge in [0.1, 0.15) is 11.5 Å². The Morgan fingerprint density at radius 3 is 2.23 bits per heavy atom. The molecule has 8 heteroatoms. The van der Waals surface area contributed by atoms with Gasteiger partial charge in [-0.15, -0.1) is 0 Å². The molecule has 0 spiro atoms. The molecule has 0 amide bonds. The predicted octanol–water partition coefficient (Wildman–Crippen LogP) is 5.04. The first-order chi connectivity index (χ1) is 16.9. The smallest absolute Gasteiger partial charge is 0.312 e. The molecule has 0 aliphatic carbocycles. The Balaban J connectivity index is 1.44. The van der Waals surface area contributed by atoms with Crippen molar-refractivity contribution in [3.05, 3.63) is 94.0 Å². The van der Waals surface area contributed by atoms with Crippen LogP contribution in [0.5, 0.6) is 17.2 Å². The first kappa shape index (κ1) is 24.0. The number of methoxy groups -OCH3 is 1. The molecule has 0 N–H and O–H groups in total. The molecule has 0 unspecified atom stereocenters. The fourth-order valence-corrected chi connectivity index (χ4v) is 3.81. The molecule has 1 saturated heterocycles. The van der Waals surface area contributed by atoms with E-state index in [2.05, 4.69) is 16.8 Å². The van der Waals surface area contributed by atoms with Crippen LogP contribution in [-0.2, 0) is 0 Å². The van der Waals surface area contributed by atoms with E-state index < -0.39 is 4.92 Å². The van der Waals surface area contributed by atoms with E-state index in [9.17, 15) is 14.9 Å². The molecule has 0 radical (unpaired) electrons. The number of ketones is 1. The van der Waals surface area contributed by atoms with Gasteiger partial charge in [0.15, 0.2) is 5.78 Å². The number of carbonyl (C=O) groups excluding carboxylic acids is 1. The van der Waals surface area contributed by atoms with Gasteiger partial charge in [-0.2, -0.15) is 0 Å². The highest BCUT2D eigenvalue weighted by Gasteiger charge is 2.17. The van der Waals surface area contributed by atoms with Gasteiger partial charge in [-0.3, -0.25) is 14.9 Å². The average molecular weight is 474 g/mol. The van der Waals surface area contributed by atoms with Gasteiger partial charge >= 0.3 is 5.69 Å². The lowest BCUT2D eigenvalue weighted by Gasteiger charge is -2.34. The molecule has 0 aromatic heterocycles. The Morgan fingerprint density at radius 1 is 0.943 bits per heavy atom. The highest BCUT2D eigenvalue weighted by Crippen LogP contribution is 2.33. The van der Waals surface area contributed by atoms with E-state index in [4.69, 9.17) is 9.47 Å². The van der Waals surface area contributed by atoms with Crippen LogP contribution in [0.25, 0.3) is 6.08 Å². The first-order valence-corrected chi connectivity index (χ1v) is 11.3. The van der Waals surface area contributed by atoms with Gasteiger partial charge in [-0.25, -0.2) is 0 Å². The largest absolute Gasteiger partial charge is 0.497 e. The number of carbonyl (C=O) groups is 1. The normalized spacial score (nSPS) is 14.2. The topological polar surface area (TPSA) is 85.2 Å². The molecule has 0 atom stereocenters. The number of hydrogen-bond acceptors (Lipinski definition) is 7. The van der Waals surface area contributed by atoms with Crippen LogP contribution in [0.3, 0.4) is 0 Å². The Bertz CT molecular complexity index is 1210. The summed E-state index contributed by atoms with van der Waals surface area (Å²) in [5.41, 5.74) is 2.00. The van der Waals surface area contributed by atoms with Gasteiger partial charge < -0.3 is 19.3 Å². The summed E-state index contributed by atoms with van der Waals surface area (Å²) < 4.78 is 10.8. The van der Waals surface area contributed by atoms with Gasteiger partial charge in [-0.05, 0) is 73.3 Å². The maximum atomic E-state index is 12.7. The number of allylic oxidation sites excluding steroid dienone is 1. The Hall–Kier alpha value is -4.17. The van der Waals surface area contributed by atoms with E-state index in [-0.39, 0.29) is 17.2 Å². The number of anilines is 1. The van der Waals surface area contributed by atoms with E-state index in [0.29, 0.717) is 22.6 Å². The van der Waals surface area contributed by atoms with Crippen molar-refractivity contribution in [2.75, 3.05) is 45.2 Å². The fourth-order valence-electron chi connectivity index (χ4n) is 3.81. The van der Waals surface area contributed by atoms with Gasteiger partial charge in [0.25, 0.3) is 0 Å². The third-order valence-electron chi connectivity index (χ3n) is 5.91. The number of likely N-dealkylation sites (N-methyl/N-ethyl adjacent to an activating group) is 1. The van der Waals surface area contributed by atoms with Crippen molar-refractivity contribution in [3.63, 3.8) is 0 Å². The van der Waals surface area contributed by atoms with Crippen molar-refractivity contribution in [1.82, 2.24) is 4.90 Å². The number of nitrogens with zero attached hydrogens (tertiary/aromatic N) is 3. The van der Waals surface area contributed by atoms with Crippen LogP contribution in [0.15, 0.2) is 72.8 Å². The lowest BCUT2D eigenvalue weighted by atomic mass is 10.1. The van der Waals surface area contributed by atoms with E-state index in [1.165, 1.54) is 18.2 Å². The van der Waals surface area contributed by atoms with Crippen LogP contribution in [0.1, 0.15) is 15.9 Å². The molecule has 0 bridgehead atoms. The molecule has 0 saturated carbocycles. The maximum Gasteiger partial charge on any atom is 0.312 e. The number of rotatable bonds is 8. The zero-order valence-electron chi connectivity index (χ0n) is 19.7. The number of hydrogen-bond donors (Lipinski definition) is 0. The van der Waals surface area contributed by atoms with Gasteiger partial charge in [0.05, 0.1) is 12.0 Å². The number of piperazine rings is 1. The summed E-state index contributed by atoms with van der Waals surface area (Å²) >= 11 is 0. The molecular weight excluding hydrogens is 446 g/mol. The Kier molecular flexibility index (Phi) is 7.42. The standard InChI is InChI=1S/C27H27N3O5/c1-28-15-17-29(18-16-28)22-7-5-21(6-8-22)26(31)13-3-20-4-14-27(25(19-20)30(32)33)35-24-11-9-23(34-2)10-12-24/h3-14,19H,15-18H2,1-2H3/b13-3+. The summed E-state index contributed by atoms with van der Waals surface area (Å²) in [5.74, 6) is 1.05. The SMILES string of the molecule is COc1ccc(Oc2ccc(/C=C/C(=O)c3ccc(N4CCN(C)CC4)cc3)cc2[N+](=O)[O-])cc1. The zero-order valence-corrected chi connectivity index (χ0v) is 19.7. The molecule has 1 heterocycles. The Labute approximate surface area is 204 Å². The fraction of sp³-hybridized carbons (Fsp3) is 0.222. The van der Waals surface area contributed by atoms with E-state index in [1.54, 1.807) is 43.5 Å². The molecule has 180 valence electrons. The van der Waals surface area contributed by atoms with Crippen LogP contribution in [0.2, 0.25) is 0 Å². The molecule has 1 aliphatic heterocycles. The second kappa shape index (κ2) is 10.8. The number of benzene rings is 3. The van der Waals surface area contributed by atoms with Crippen molar-refractivity contribution in [2.24, 2.45) is 0 Å². The zero-order chi connectivity index (χ0) is 24.8. The highest BCUT2D eigenvalue weighted by molar-refractivity contribution is 6.07. The molecule has 1 fully saturated rings. The summed E-state index contributed by atoms with van der Waals surface area (Å²) in [6, 6.07) is 18.9. The van der Waals surface area contributed by atoms with E-state index >= 15 is 0 Å². The van der Waals surface area contributed by atoms with Gasteiger partial charge in [0, 0.05) is 43.5 Å². The minimum atomic E-state index is -0.505. The van der Waals surface area contributed by atoms with Crippen LogP contribution in [0.4, 0.5) is 11.4 Å². The molecule has 3 aromatic carbocycles. The van der Waals surface area contributed by atoms with Gasteiger partial charge in [0.2, 0.25) is 5.75 Å². The minimum Gasteiger partial charge on any atom is -0.497 e. The van der Waals surface area contributed by atoms with E-state index in [0.717, 1.165) is 31.9 Å². The highest BCUT2D eigenvalue weighted by atomic mass is 16.6. The molecule has 3 aromatic rings. The van der Waals surface area contributed by atoms with Crippen LogP contribution in [0, 0.1) is 10.1 Å². The summed E-state index contributed by atoms with van der Waals surface area (Å²) in [6.45, 7) is 3.94. The lowest BCUT2D eigenvalue weighted by molar-refractivity contribution is -0.385. The van der Waals surface area contributed by atoms with Crippen molar-refractivity contribution in [1.29, 1.82) is 0 Å². The second-order valence-electron chi connectivity index (χ2n) is 8.30. The van der Waals surface area contributed by atoms with Crippen LogP contribution >= 0.6 is 0 Å². The molecule has 1 aliphatic rings. The quantitative estimate of drug-likeness (QED) is 0.196. The molecule has 4 rings (SSSR count). The first-order valence-electron chi connectivity index (χ1n) is 11.3. The number of nitro groups is 1. The molecular formula is C27H27N3O5. The number of ether oxygens (including phenoxy) is 2. The monoisotopic (exact) mass is 473 g/mol. The third-order valence-corrected chi connectivity index (χ3v) is 5.91. The van der Waals surface area contributed by atoms with Crippen LogP contribution in [-0.4, -0.2) is 55.9 Å². The average Bonchev–Trinajstić information content (AvgIpc) is 2.88. The summed E-state index contributed by atoms with van der Waals surface area (Å²) in [5, 5.41) is 11.6. The van der Waals surface area contributed by atoms with E-state index in [1.807, 2.05) is 24.3 Å². The van der Waals surface area contributed by atoms with Crippen molar-refractivity contribution >= 4 is 23.2 Å². The molecule has 8 nitrogen and oxygen atoms in total. The minimum absolute atomic E-state index is 0.114. The summed E-state index contributed by atoms with van der Waals surface area (Å²) in [7, 11) is 3.67. The van der Waals surface area contributed by atoms with Crippen LogP contribution < -0.4 is 14.4 Å². The third kappa shape index (κ3) is 6.04. The maximum absolute atomic E-state index is 12.7.